The molecule has 2 aliphatic heterocycles. The second-order valence-electron chi connectivity index (χ2n) is 8.04. The predicted octanol–water partition coefficient (Wildman–Crippen LogP) is 3.47. The number of imide groups is 1. The van der Waals surface area contributed by atoms with Crippen LogP contribution in [0.3, 0.4) is 0 Å². The van der Waals surface area contributed by atoms with E-state index in [1.165, 1.54) is 11.2 Å². The lowest BCUT2D eigenvalue weighted by Gasteiger charge is -2.26. The molecule has 0 saturated carbocycles. The van der Waals surface area contributed by atoms with Crippen LogP contribution in [0.4, 0.5) is 4.79 Å². The fraction of sp³-hybridized carbons (Fsp3) is 0.450. The number of rotatable bonds is 2. The molecule has 1 fully saturated rings. The van der Waals surface area contributed by atoms with E-state index in [1.807, 2.05) is 11.4 Å². The molecule has 0 bridgehead atoms. The van der Waals surface area contributed by atoms with E-state index in [0.717, 1.165) is 10.4 Å². The molecule has 0 radical (unpaired) electrons. The van der Waals surface area contributed by atoms with Gasteiger partial charge in [-0.25, -0.2) is 14.5 Å². The second-order valence-corrected chi connectivity index (χ2v) is 9.04. The van der Waals surface area contributed by atoms with Gasteiger partial charge >= 0.3 is 12.1 Å². The molecular weight excluding hydrogens is 382 g/mol. The summed E-state index contributed by atoms with van der Waals surface area (Å²) in [5.41, 5.74) is 1.10. The van der Waals surface area contributed by atoms with Gasteiger partial charge in [0.25, 0.3) is 12.2 Å². The molecule has 1 aromatic rings. The van der Waals surface area contributed by atoms with Crippen molar-refractivity contribution in [2.45, 2.75) is 52.0 Å². The van der Waals surface area contributed by atoms with Crippen LogP contribution in [-0.2, 0) is 30.2 Å². The third-order valence-electron chi connectivity index (χ3n) is 4.88. The van der Waals surface area contributed by atoms with Crippen molar-refractivity contribution < 1.29 is 28.6 Å². The van der Waals surface area contributed by atoms with Gasteiger partial charge in [-0.3, -0.25) is 4.79 Å². The lowest BCUT2D eigenvalue weighted by Crippen LogP contribution is -2.39. The van der Waals surface area contributed by atoms with Gasteiger partial charge in [-0.05, 0) is 51.1 Å². The number of carbonyl (C=O) groups is 3. The normalized spacial score (nSPS) is 27.6. The van der Waals surface area contributed by atoms with Gasteiger partial charge in [0.2, 0.25) is 0 Å². The van der Waals surface area contributed by atoms with Crippen molar-refractivity contribution in [1.82, 2.24) is 4.90 Å². The van der Waals surface area contributed by atoms with Crippen molar-refractivity contribution >= 4 is 29.3 Å². The van der Waals surface area contributed by atoms with E-state index < -0.39 is 35.9 Å². The minimum atomic E-state index is -0.864. The number of carbonyl (C=O) groups excluding carboxylic acids is 3. The highest BCUT2D eigenvalue weighted by Gasteiger charge is 2.53. The second kappa shape index (κ2) is 6.48. The molecule has 2 unspecified atom stereocenters. The predicted molar refractivity (Wildman–Crippen MR) is 100 cm³/mol. The van der Waals surface area contributed by atoms with Crippen LogP contribution in [0.25, 0.3) is 0 Å². The van der Waals surface area contributed by atoms with E-state index in [1.54, 1.807) is 45.1 Å². The van der Waals surface area contributed by atoms with Crippen molar-refractivity contribution in [3.8, 4) is 0 Å². The van der Waals surface area contributed by atoms with Gasteiger partial charge in [-0.15, -0.1) is 11.3 Å². The summed E-state index contributed by atoms with van der Waals surface area (Å²) < 4.78 is 16.1. The standard InChI is InChI=1S/C20H21NO6S/c1-10-7-15(26-18(10)23)25-9-13-12-8-14-11(5-6-28-14)16(12)21(17(13)22)19(24)27-20(2,3)4/h5-7,9,12,15-16H,8H2,1-4H3/b13-9+/t12?,15?,16-/m1/s1. The maximum absolute atomic E-state index is 13.1. The first-order valence-corrected chi connectivity index (χ1v) is 9.91. The Bertz CT molecular complexity index is 921. The Morgan fingerprint density at radius 1 is 1.36 bits per heavy atom. The van der Waals surface area contributed by atoms with Gasteiger partial charge in [0.05, 0.1) is 17.9 Å². The number of ether oxygens (including phenoxy) is 3. The molecule has 148 valence electrons. The third-order valence-corrected chi connectivity index (χ3v) is 5.84. The van der Waals surface area contributed by atoms with E-state index in [2.05, 4.69) is 0 Å². The minimum absolute atomic E-state index is 0.204. The summed E-state index contributed by atoms with van der Waals surface area (Å²) in [7, 11) is 0. The van der Waals surface area contributed by atoms with Crippen LogP contribution in [0.1, 0.15) is 44.2 Å². The molecular formula is C20H21NO6S. The summed E-state index contributed by atoms with van der Waals surface area (Å²) in [6.45, 7) is 6.92. The SMILES string of the molecule is CC1=CC(O/C=C2/C(=O)N(C(=O)OC(C)(C)C)[C@@H]3c4ccsc4CC23)OC1=O. The van der Waals surface area contributed by atoms with Crippen molar-refractivity contribution in [1.29, 1.82) is 0 Å². The topological polar surface area (TPSA) is 82.1 Å². The van der Waals surface area contributed by atoms with E-state index in [9.17, 15) is 14.4 Å². The van der Waals surface area contributed by atoms with Gasteiger partial charge in [-0.1, -0.05) is 0 Å². The molecule has 2 amide bonds. The lowest BCUT2D eigenvalue weighted by atomic mass is 9.97. The summed E-state index contributed by atoms with van der Waals surface area (Å²) in [4.78, 5) is 39.7. The summed E-state index contributed by atoms with van der Waals surface area (Å²) in [6, 6.07) is 1.55. The molecule has 0 N–H and O–H groups in total. The van der Waals surface area contributed by atoms with Gasteiger partial charge in [0.15, 0.2) is 0 Å². The monoisotopic (exact) mass is 403 g/mol. The van der Waals surface area contributed by atoms with Crippen LogP contribution < -0.4 is 0 Å². The Morgan fingerprint density at radius 3 is 2.75 bits per heavy atom. The van der Waals surface area contributed by atoms with Crippen LogP contribution in [-0.4, -0.2) is 34.8 Å². The smallest absolute Gasteiger partial charge is 0.417 e. The fourth-order valence-corrected chi connectivity index (χ4v) is 4.67. The zero-order valence-corrected chi connectivity index (χ0v) is 16.9. The highest BCUT2D eigenvalue weighted by molar-refractivity contribution is 7.10. The Labute approximate surface area is 166 Å². The molecule has 3 heterocycles. The number of hydrogen-bond donors (Lipinski definition) is 0. The van der Waals surface area contributed by atoms with Crippen LogP contribution in [0, 0.1) is 5.92 Å². The van der Waals surface area contributed by atoms with Crippen LogP contribution in [0.15, 0.2) is 34.9 Å². The van der Waals surface area contributed by atoms with Crippen LogP contribution in [0.5, 0.6) is 0 Å². The van der Waals surface area contributed by atoms with Crippen LogP contribution in [0.2, 0.25) is 0 Å². The van der Waals surface area contributed by atoms with E-state index in [-0.39, 0.29) is 5.92 Å². The largest absolute Gasteiger partial charge is 0.458 e. The van der Waals surface area contributed by atoms with Crippen LogP contribution >= 0.6 is 11.3 Å². The number of amides is 2. The van der Waals surface area contributed by atoms with Gasteiger partial charge < -0.3 is 14.2 Å². The number of cyclic esters (lactones) is 1. The minimum Gasteiger partial charge on any atom is -0.458 e. The average Bonchev–Trinajstić information content (AvgIpc) is 3.28. The van der Waals surface area contributed by atoms with Crippen molar-refractivity contribution in [2.75, 3.05) is 0 Å². The number of hydrogen-bond acceptors (Lipinski definition) is 7. The number of esters is 1. The van der Waals surface area contributed by atoms with Gasteiger partial charge in [-0.2, -0.15) is 0 Å². The highest BCUT2D eigenvalue weighted by Crippen LogP contribution is 2.51. The first-order valence-electron chi connectivity index (χ1n) is 9.03. The molecule has 1 aromatic heterocycles. The molecule has 28 heavy (non-hydrogen) atoms. The Hall–Kier alpha value is -2.61. The molecule has 1 aliphatic carbocycles. The van der Waals surface area contributed by atoms with Crippen molar-refractivity contribution in [3.63, 3.8) is 0 Å². The first-order chi connectivity index (χ1) is 13.2. The molecule has 8 heteroatoms. The quantitative estimate of drug-likeness (QED) is 0.427. The summed E-state index contributed by atoms with van der Waals surface area (Å²) in [5.74, 6) is -1.09. The lowest BCUT2D eigenvalue weighted by molar-refractivity contribution is -0.152. The zero-order valence-electron chi connectivity index (χ0n) is 16.1. The zero-order chi connectivity index (χ0) is 20.2. The maximum atomic E-state index is 13.1. The maximum Gasteiger partial charge on any atom is 0.417 e. The molecule has 3 aliphatic rings. The number of thiophene rings is 1. The summed E-state index contributed by atoms with van der Waals surface area (Å²) in [5, 5.41) is 1.96. The molecule has 4 rings (SSSR count). The van der Waals surface area contributed by atoms with Crippen molar-refractivity contribution in [2.24, 2.45) is 5.92 Å². The molecule has 7 nitrogen and oxygen atoms in total. The van der Waals surface area contributed by atoms with Crippen molar-refractivity contribution in [3.05, 3.63) is 45.4 Å². The first kappa shape index (κ1) is 18.7. The molecule has 0 spiro atoms. The summed E-state index contributed by atoms with van der Waals surface area (Å²) in [6.07, 6.45) is 1.99. The highest BCUT2D eigenvalue weighted by atomic mass is 32.1. The Kier molecular flexibility index (Phi) is 4.33. The molecule has 1 saturated heterocycles. The number of likely N-dealkylation sites (tertiary alicyclic amines) is 1. The Balaban J connectivity index is 1.63. The molecule has 3 atom stereocenters. The van der Waals surface area contributed by atoms with E-state index in [0.29, 0.717) is 17.6 Å². The van der Waals surface area contributed by atoms with E-state index in [4.69, 9.17) is 14.2 Å². The Morgan fingerprint density at radius 2 is 2.11 bits per heavy atom. The third kappa shape index (κ3) is 3.11. The van der Waals surface area contributed by atoms with Gasteiger partial charge in [0.1, 0.15) is 5.60 Å². The fourth-order valence-electron chi connectivity index (χ4n) is 3.69. The van der Waals surface area contributed by atoms with E-state index >= 15 is 0 Å². The average molecular weight is 403 g/mol. The van der Waals surface area contributed by atoms with Gasteiger partial charge in [0, 0.05) is 22.4 Å². The number of nitrogens with zero attached hydrogens (tertiary/aromatic N) is 1. The molecule has 0 aromatic carbocycles. The number of fused-ring (bicyclic) bond motifs is 3. The summed E-state index contributed by atoms with van der Waals surface area (Å²) >= 11 is 1.61.